The van der Waals surface area contributed by atoms with E-state index < -0.39 is 0 Å². The summed E-state index contributed by atoms with van der Waals surface area (Å²) < 4.78 is 0. The quantitative estimate of drug-likeness (QED) is 0.486. The lowest BCUT2D eigenvalue weighted by Crippen LogP contribution is -2.18. The summed E-state index contributed by atoms with van der Waals surface area (Å²) in [4.78, 5) is 0. The zero-order valence-electron chi connectivity index (χ0n) is 6.98. The third-order valence-electron chi connectivity index (χ3n) is 2.75. The molecule has 0 atom stereocenters. The maximum atomic E-state index is 5.44. The minimum absolute atomic E-state index is 0.149. The first-order valence-corrected chi connectivity index (χ1v) is 4.14. The molecule has 56 valence electrons. The Morgan fingerprint density at radius 2 is 1.80 bits per heavy atom. The van der Waals surface area contributed by atoms with Crippen molar-refractivity contribution in [2.75, 3.05) is 0 Å². The van der Waals surface area contributed by atoms with E-state index in [1.54, 1.807) is 0 Å². The summed E-state index contributed by atoms with van der Waals surface area (Å²) in [5.74, 6) is 3.67. The second-order valence-corrected chi connectivity index (χ2v) is 3.85. The van der Waals surface area contributed by atoms with Crippen molar-refractivity contribution in [3.05, 3.63) is 0 Å². The van der Waals surface area contributed by atoms with Gasteiger partial charge >= 0.3 is 0 Å². The van der Waals surface area contributed by atoms with Crippen LogP contribution in [0.15, 0.2) is 0 Å². The maximum absolute atomic E-state index is 5.44. The summed E-state index contributed by atoms with van der Waals surface area (Å²) in [5, 5.41) is 0. The van der Waals surface area contributed by atoms with Crippen LogP contribution in [-0.2, 0) is 0 Å². The Morgan fingerprint density at radius 1 is 1.30 bits per heavy atom. The molecule has 0 heterocycles. The molecule has 0 saturated heterocycles. The molecule has 1 fully saturated rings. The Hall–Kier alpha value is -0.440. The molecular formula is C10H16. The van der Waals surface area contributed by atoms with E-state index in [-0.39, 0.29) is 5.41 Å². The molecule has 0 spiro atoms. The van der Waals surface area contributed by atoms with Gasteiger partial charge in [0.25, 0.3) is 0 Å². The van der Waals surface area contributed by atoms with Gasteiger partial charge in [0.2, 0.25) is 0 Å². The van der Waals surface area contributed by atoms with E-state index in [0.29, 0.717) is 0 Å². The molecule has 0 N–H and O–H groups in total. The molecule has 0 bridgehead atoms. The van der Waals surface area contributed by atoms with E-state index in [2.05, 4.69) is 19.8 Å². The van der Waals surface area contributed by atoms with Crippen molar-refractivity contribution in [2.45, 2.75) is 39.5 Å². The summed E-state index contributed by atoms with van der Waals surface area (Å²) in [5.41, 5.74) is 0.149. The van der Waals surface area contributed by atoms with Crippen molar-refractivity contribution in [3.8, 4) is 12.3 Å². The van der Waals surface area contributed by atoms with Crippen molar-refractivity contribution >= 4 is 0 Å². The molecule has 10 heavy (non-hydrogen) atoms. The maximum Gasteiger partial charge on any atom is 0.0283 e. The second-order valence-electron chi connectivity index (χ2n) is 3.85. The zero-order valence-corrected chi connectivity index (χ0v) is 6.98. The van der Waals surface area contributed by atoms with Crippen LogP contribution in [-0.4, -0.2) is 0 Å². The largest absolute Gasteiger partial charge is 0.120 e. The SMILES string of the molecule is C#CC(C)(C)C1CCCC1. The average Bonchev–Trinajstić information content (AvgIpc) is 2.38. The number of hydrogen-bond donors (Lipinski definition) is 0. The van der Waals surface area contributed by atoms with Crippen molar-refractivity contribution in [1.82, 2.24) is 0 Å². The molecule has 0 aliphatic heterocycles. The summed E-state index contributed by atoms with van der Waals surface area (Å²) >= 11 is 0. The van der Waals surface area contributed by atoms with Crippen LogP contribution >= 0.6 is 0 Å². The van der Waals surface area contributed by atoms with E-state index in [9.17, 15) is 0 Å². The van der Waals surface area contributed by atoms with Crippen molar-refractivity contribution in [3.63, 3.8) is 0 Å². The van der Waals surface area contributed by atoms with Crippen LogP contribution in [0.5, 0.6) is 0 Å². The molecule has 0 aromatic heterocycles. The van der Waals surface area contributed by atoms with Gasteiger partial charge in [0.1, 0.15) is 0 Å². The highest BCUT2D eigenvalue weighted by atomic mass is 14.3. The second kappa shape index (κ2) is 2.66. The van der Waals surface area contributed by atoms with Crippen molar-refractivity contribution in [2.24, 2.45) is 11.3 Å². The molecule has 0 heteroatoms. The van der Waals surface area contributed by atoms with Gasteiger partial charge in [-0.15, -0.1) is 12.3 Å². The Bertz CT molecular complexity index is 142. The molecule has 1 aliphatic rings. The van der Waals surface area contributed by atoms with Gasteiger partial charge in [-0.3, -0.25) is 0 Å². The van der Waals surface area contributed by atoms with Crippen molar-refractivity contribution in [1.29, 1.82) is 0 Å². The number of hydrogen-bond acceptors (Lipinski definition) is 0. The van der Waals surface area contributed by atoms with Crippen LogP contribution in [0.25, 0.3) is 0 Å². The van der Waals surface area contributed by atoms with Gasteiger partial charge in [0.15, 0.2) is 0 Å². The fourth-order valence-corrected chi connectivity index (χ4v) is 1.77. The fraction of sp³-hybridized carbons (Fsp3) is 0.800. The third-order valence-corrected chi connectivity index (χ3v) is 2.75. The molecule has 0 nitrogen and oxygen atoms in total. The Balaban J connectivity index is 2.56. The minimum Gasteiger partial charge on any atom is -0.120 e. The van der Waals surface area contributed by atoms with E-state index in [1.165, 1.54) is 25.7 Å². The molecule has 1 aliphatic carbocycles. The van der Waals surface area contributed by atoms with Gasteiger partial charge in [-0.2, -0.15) is 0 Å². The van der Waals surface area contributed by atoms with Crippen LogP contribution in [0.1, 0.15) is 39.5 Å². The monoisotopic (exact) mass is 136 g/mol. The molecule has 0 radical (unpaired) electrons. The minimum atomic E-state index is 0.149. The highest BCUT2D eigenvalue weighted by molar-refractivity contribution is 5.04. The summed E-state index contributed by atoms with van der Waals surface area (Å²) in [6.07, 6.45) is 10.9. The predicted octanol–water partition coefficient (Wildman–Crippen LogP) is 2.84. The smallest absolute Gasteiger partial charge is 0.0283 e. The summed E-state index contributed by atoms with van der Waals surface area (Å²) in [6.45, 7) is 4.37. The molecule has 0 aromatic rings. The summed E-state index contributed by atoms with van der Waals surface area (Å²) in [7, 11) is 0. The Labute approximate surface area is 64.0 Å². The molecule has 1 saturated carbocycles. The zero-order chi connectivity index (χ0) is 7.61. The lowest BCUT2D eigenvalue weighted by atomic mass is 9.79. The molecule has 0 unspecified atom stereocenters. The van der Waals surface area contributed by atoms with E-state index in [4.69, 9.17) is 6.42 Å². The van der Waals surface area contributed by atoms with Crippen LogP contribution in [0.2, 0.25) is 0 Å². The number of terminal acetylenes is 1. The average molecular weight is 136 g/mol. The lowest BCUT2D eigenvalue weighted by Gasteiger charge is -2.25. The normalized spacial score (nSPS) is 20.9. The van der Waals surface area contributed by atoms with Crippen LogP contribution < -0.4 is 0 Å². The van der Waals surface area contributed by atoms with E-state index >= 15 is 0 Å². The Morgan fingerprint density at radius 3 is 2.20 bits per heavy atom. The first-order chi connectivity index (χ1) is 4.67. The standard InChI is InChI=1S/C10H16/c1-4-10(2,3)9-7-5-6-8-9/h1,9H,5-8H2,2-3H3. The molecular weight excluding hydrogens is 120 g/mol. The van der Waals surface area contributed by atoms with Crippen LogP contribution in [0.3, 0.4) is 0 Å². The summed E-state index contributed by atoms with van der Waals surface area (Å²) in [6, 6.07) is 0. The highest BCUT2D eigenvalue weighted by Crippen LogP contribution is 2.38. The lowest BCUT2D eigenvalue weighted by molar-refractivity contribution is 0.304. The predicted molar refractivity (Wildman–Crippen MR) is 44.6 cm³/mol. The molecule has 0 aromatic carbocycles. The first-order valence-electron chi connectivity index (χ1n) is 4.14. The fourth-order valence-electron chi connectivity index (χ4n) is 1.77. The van der Waals surface area contributed by atoms with Gasteiger partial charge < -0.3 is 0 Å². The van der Waals surface area contributed by atoms with Crippen LogP contribution in [0, 0.1) is 23.7 Å². The number of rotatable bonds is 1. The van der Waals surface area contributed by atoms with Gasteiger partial charge in [0, 0.05) is 5.41 Å². The van der Waals surface area contributed by atoms with E-state index in [0.717, 1.165) is 5.92 Å². The van der Waals surface area contributed by atoms with Gasteiger partial charge in [-0.1, -0.05) is 12.8 Å². The topological polar surface area (TPSA) is 0 Å². The van der Waals surface area contributed by atoms with Gasteiger partial charge in [0.05, 0.1) is 0 Å². The third kappa shape index (κ3) is 1.34. The first kappa shape index (κ1) is 7.66. The molecule has 0 amide bonds. The van der Waals surface area contributed by atoms with Crippen LogP contribution in [0.4, 0.5) is 0 Å². The van der Waals surface area contributed by atoms with Gasteiger partial charge in [-0.05, 0) is 32.6 Å². The molecule has 1 rings (SSSR count). The van der Waals surface area contributed by atoms with Crippen molar-refractivity contribution < 1.29 is 0 Å². The van der Waals surface area contributed by atoms with E-state index in [1.807, 2.05) is 0 Å². The Kier molecular flexibility index (Phi) is 2.04. The highest BCUT2D eigenvalue weighted by Gasteiger charge is 2.29. The van der Waals surface area contributed by atoms with Gasteiger partial charge in [-0.25, -0.2) is 0 Å².